The van der Waals surface area contributed by atoms with E-state index in [2.05, 4.69) is 20.5 Å². The first-order chi connectivity index (χ1) is 17.3. The minimum Gasteiger partial charge on any atom is -0.474 e. The maximum Gasteiger partial charge on any atom is 0.426 e. The molecule has 1 unspecified atom stereocenters. The molecule has 2 aromatic heterocycles. The van der Waals surface area contributed by atoms with E-state index in [0.29, 0.717) is 6.07 Å². The molecule has 0 aromatic carbocycles. The normalized spacial score (nSPS) is 23.3. The molecule has 1 aliphatic heterocycles. The number of rotatable bonds is 1. The fraction of sp³-hybridized carbons (Fsp3) is 0.636. The van der Waals surface area contributed by atoms with Crippen LogP contribution in [0.25, 0.3) is 11.6 Å². The third kappa shape index (κ3) is 6.64. The van der Waals surface area contributed by atoms with Crippen LogP contribution in [0, 0.1) is 0 Å². The van der Waals surface area contributed by atoms with Gasteiger partial charge in [-0.25, -0.2) is 9.78 Å². The Kier molecular flexibility index (Phi) is 7.90. The first-order valence-corrected chi connectivity index (χ1v) is 11.4. The molecule has 1 amide bonds. The molecule has 3 heterocycles. The van der Waals surface area contributed by atoms with E-state index in [-0.39, 0.29) is 12.8 Å². The Hall–Kier alpha value is -3.14. The van der Waals surface area contributed by atoms with Gasteiger partial charge in [-0.05, 0) is 59.4 Å². The Morgan fingerprint density at radius 1 is 1.13 bits per heavy atom. The summed E-state index contributed by atoms with van der Waals surface area (Å²) >= 11 is 0. The maximum absolute atomic E-state index is 13.9. The molecule has 3 N–H and O–H groups in total. The van der Waals surface area contributed by atoms with Gasteiger partial charge in [0.1, 0.15) is 11.2 Å². The summed E-state index contributed by atoms with van der Waals surface area (Å²) in [5, 5.41) is 29.4. The second-order valence-electron chi connectivity index (χ2n) is 9.83. The molecule has 1 aliphatic rings. The maximum atomic E-state index is 13.9. The molecular formula is C22H26F6N4O6. The standard InChI is InChI=1S/C22H26F6N4O6/c1-10-5-6-11(33)7-8-20(35,22(26,27)28)17-32-31-16(37-17)14-13(29-18(34)38-19(2,3)4)9-12(21(23,24)25)15(30-14)36-10/h9-11,33,35H,5-8H2,1-4H3,(H,29,34)/t10-,11?,20-/m1/s1. The van der Waals surface area contributed by atoms with E-state index >= 15 is 0 Å². The quantitative estimate of drug-likeness (QED) is 0.416. The van der Waals surface area contributed by atoms with Gasteiger partial charge in [0, 0.05) is 0 Å². The zero-order chi connectivity index (χ0) is 28.7. The van der Waals surface area contributed by atoms with Gasteiger partial charge in [0.15, 0.2) is 5.69 Å². The number of carbonyl (C=O) groups is 1. The van der Waals surface area contributed by atoms with Crippen molar-refractivity contribution < 1.29 is 55.2 Å². The van der Waals surface area contributed by atoms with Crippen molar-refractivity contribution in [2.45, 2.75) is 89.1 Å². The highest BCUT2D eigenvalue weighted by Gasteiger charge is 2.59. The molecule has 38 heavy (non-hydrogen) atoms. The summed E-state index contributed by atoms with van der Waals surface area (Å²) in [7, 11) is 0. The summed E-state index contributed by atoms with van der Waals surface area (Å²) in [4.78, 5) is 16.1. The minimum atomic E-state index is -5.32. The van der Waals surface area contributed by atoms with Gasteiger partial charge in [-0.2, -0.15) is 26.3 Å². The van der Waals surface area contributed by atoms with Crippen molar-refractivity contribution >= 4 is 11.8 Å². The van der Waals surface area contributed by atoms with Crippen LogP contribution < -0.4 is 10.1 Å². The molecule has 2 aromatic rings. The van der Waals surface area contributed by atoms with E-state index in [0.717, 1.165) is 0 Å². The second-order valence-corrected chi connectivity index (χ2v) is 9.83. The number of aromatic nitrogens is 3. The molecule has 0 fully saturated rings. The summed E-state index contributed by atoms with van der Waals surface area (Å²) in [5.74, 6) is -3.16. The topological polar surface area (TPSA) is 140 Å². The van der Waals surface area contributed by atoms with Crippen molar-refractivity contribution in [3.8, 4) is 17.5 Å². The van der Waals surface area contributed by atoms with Crippen LogP contribution in [0.5, 0.6) is 5.88 Å². The third-order valence-corrected chi connectivity index (χ3v) is 5.44. The van der Waals surface area contributed by atoms with Gasteiger partial charge < -0.3 is 24.1 Å². The van der Waals surface area contributed by atoms with Crippen molar-refractivity contribution in [2.24, 2.45) is 0 Å². The van der Waals surface area contributed by atoms with Crippen molar-refractivity contribution in [2.75, 3.05) is 5.32 Å². The zero-order valence-electron chi connectivity index (χ0n) is 20.7. The summed E-state index contributed by atoms with van der Waals surface area (Å²) in [6, 6.07) is 0.439. The zero-order valence-corrected chi connectivity index (χ0v) is 20.7. The molecule has 0 aliphatic carbocycles. The number of halogens is 6. The molecule has 0 spiro atoms. The average Bonchev–Trinajstić information content (AvgIpc) is 3.23. The molecule has 3 atom stereocenters. The molecule has 16 heteroatoms. The number of aliphatic hydroxyl groups excluding tert-OH is 1. The molecule has 10 nitrogen and oxygen atoms in total. The fourth-order valence-corrected chi connectivity index (χ4v) is 3.51. The van der Waals surface area contributed by atoms with Crippen LogP contribution in [0.3, 0.4) is 0 Å². The van der Waals surface area contributed by atoms with Crippen LogP contribution in [-0.2, 0) is 16.5 Å². The number of ether oxygens (including phenoxy) is 2. The van der Waals surface area contributed by atoms with Gasteiger partial charge in [0.25, 0.3) is 11.8 Å². The highest BCUT2D eigenvalue weighted by atomic mass is 19.4. The predicted molar refractivity (Wildman–Crippen MR) is 117 cm³/mol. The van der Waals surface area contributed by atoms with Crippen LogP contribution in [0.15, 0.2) is 10.5 Å². The number of hydrogen-bond donors (Lipinski definition) is 3. The summed E-state index contributed by atoms with van der Waals surface area (Å²) in [5.41, 5.74) is -7.49. The van der Waals surface area contributed by atoms with E-state index in [4.69, 9.17) is 13.9 Å². The van der Waals surface area contributed by atoms with Crippen LogP contribution in [-0.4, -0.2) is 55.5 Å². The Balaban J connectivity index is 2.24. The first-order valence-electron chi connectivity index (χ1n) is 11.4. The molecule has 3 rings (SSSR count). The molecule has 0 saturated heterocycles. The lowest BCUT2D eigenvalue weighted by atomic mass is 9.93. The molecular weight excluding hydrogens is 530 g/mol. The van der Waals surface area contributed by atoms with Gasteiger partial charge in [-0.15, -0.1) is 10.2 Å². The lowest BCUT2D eigenvalue weighted by molar-refractivity contribution is -0.278. The van der Waals surface area contributed by atoms with Crippen molar-refractivity contribution in [1.29, 1.82) is 0 Å². The molecule has 4 bridgehead atoms. The SMILES string of the molecule is C[C@@H]1CCC(O)CC[C@](O)(C(F)(F)F)c2nnc(o2)-c2nc(c(C(F)(F)F)cc2NC(=O)OC(C)(C)C)O1. The molecule has 212 valence electrons. The second kappa shape index (κ2) is 10.2. The van der Waals surface area contributed by atoms with Gasteiger partial charge in [0.05, 0.1) is 17.9 Å². The number of pyridine rings is 1. The Morgan fingerprint density at radius 2 is 1.79 bits per heavy atom. The largest absolute Gasteiger partial charge is 0.474 e. The molecule has 0 saturated carbocycles. The van der Waals surface area contributed by atoms with E-state index < -0.39 is 89.3 Å². The first kappa shape index (κ1) is 29.4. The number of hydrogen-bond acceptors (Lipinski definition) is 9. The number of fused-ring (bicyclic) bond motifs is 5. The Bertz CT molecular complexity index is 1160. The number of alkyl halides is 6. The van der Waals surface area contributed by atoms with Crippen molar-refractivity contribution in [3.05, 3.63) is 17.5 Å². The van der Waals surface area contributed by atoms with E-state index in [1.54, 1.807) is 0 Å². The summed E-state index contributed by atoms with van der Waals surface area (Å²) in [6.07, 6.45) is -15.7. The summed E-state index contributed by atoms with van der Waals surface area (Å²) < 4.78 is 98.9. The van der Waals surface area contributed by atoms with Gasteiger partial charge in [-0.1, -0.05) is 0 Å². The van der Waals surface area contributed by atoms with Crippen molar-refractivity contribution in [1.82, 2.24) is 15.2 Å². The van der Waals surface area contributed by atoms with E-state index in [9.17, 15) is 41.4 Å². The number of nitrogens with one attached hydrogen (secondary N) is 1. The number of amides is 1. The molecule has 0 radical (unpaired) electrons. The van der Waals surface area contributed by atoms with Crippen molar-refractivity contribution in [3.63, 3.8) is 0 Å². The monoisotopic (exact) mass is 556 g/mol. The predicted octanol–water partition coefficient (Wildman–Crippen LogP) is 4.95. The van der Waals surface area contributed by atoms with E-state index in [1.807, 2.05) is 0 Å². The Labute approximate surface area is 212 Å². The Morgan fingerprint density at radius 3 is 2.37 bits per heavy atom. The number of anilines is 1. The highest BCUT2D eigenvalue weighted by Crippen LogP contribution is 2.45. The van der Waals surface area contributed by atoms with Gasteiger partial charge in [-0.3, -0.25) is 5.32 Å². The van der Waals surface area contributed by atoms with E-state index in [1.165, 1.54) is 27.7 Å². The average molecular weight is 556 g/mol. The smallest absolute Gasteiger partial charge is 0.426 e. The minimum absolute atomic E-state index is 0.0593. The lowest BCUT2D eigenvalue weighted by Crippen LogP contribution is -2.43. The van der Waals surface area contributed by atoms with Crippen LogP contribution in [0.2, 0.25) is 0 Å². The van der Waals surface area contributed by atoms with Crippen LogP contribution in [0.4, 0.5) is 36.8 Å². The third-order valence-electron chi connectivity index (χ3n) is 5.44. The number of aliphatic hydroxyl groups is 2. The fourth-order valence-electron chi connectivity index (χ4n) is 3.51. The summed E-state index contributed by atoms with van der Waals surface area (Å²) in [6.45, 7) is 5.86. The van der Waals surface area contributed by atoms with Gasteiger partial charge in [0.2, 0.25) is 11.5 Å². The van der Waals surface area contributed by atoms with Gasteiger partial charge >= 0.3 is 18.4 Å². The van der Waals surface area contributed by atoms with Crippen LogP contribution >= 0.6 is 0 Å². The van der Waals surface area contributed by atoms with Crippen LogP contribution in [0.1, 0.15) is 64.8 Å². The number of nitrogens with zero attached hydrogens (tertiary/aromatic N) is 3. The number of carbonyl (C=O) groups excluding carboxylic acids is 1. The highest BCUT2D eigenvalue weighted by molar-refractivity contribution is 5.89. The lowest BCUT2D eigenvalue weighted by Gasteiger charge is -2.28.